The van der Waals surface area contributed by atoms with Crippen LogP contribution in [0.2, 0.25) is 0 Å². The Labute approximate surface area is 154 Å². The van der Waals surface area contributed by atoms with E-state index in [1.54, 1.807) is 24.3 Å². The molecule has 0 unspecified atom stereocenters. The van der Waals surface area contributed by atoms with Crippen LogP contribution in [0.5, 0.6) is 0 Å². The predicted octanol–water partition coefficient (Wildman–Crippen LogP) is 1.96. The zero-order valence-electron chi connectivity index (χ0n) is 14.2. The molecule has 0 bridgehead atoms. The van der Waals surface area contributed by atoms with Gasteiger partial charge in [-0.05, 0) is 25.0 Å². The number of amides is 3. The first-order valence-corrected chi connectivity index (χ1v) is 9.21. The van der Waals surface area contributed by atoms with Crippen LogP contribution in [0, 0.1) is 0 Å². The third kappa shape index (κ3) is 4.23. The second-order valence-corrected chi connectivity index (χ2v) is 6.96. The zero-order chi connectivity index (χ0) is 18.5. The monoisotopic (exact) mass is 373 g/mol. The number of benzene rings is 1. The van der Waals surface area contributed by atoms with Crippen LogP contribution in [-0.4, -0.2) is 34.0 Å². The van der Waals surface area contributed by atoms with E-state index in [2.05, 4.69) is 26.1 Å². The van der Waals surface area contributed by atoms with Gasteiger partial charge >= 0.3 is 0 Å². The maximum Gasteiger partial charge on any atom is 0.254 e. The average molecular weight is 373 g/mol. The molecule has 0 fully saturated rings. The van der Waals surface area contributed by atoms with Crippen LogP contribution in [0.1, 0.15) is 41.6 Å². The average Bonchev–Trinajstić information content (AvgIpc) is 3.01. The van der Waals surface area contributed by atoms with E-state index in [0.717, 1.165) is 17.8 Å². The van der Waals surface area contributed by atoms with Gasteiger partial charge in [-0.2, -0.15) is 0 Å². The van der Waals surface area contributed by atoms with E-state index in [0.29, 0.717) is 16.4 Å². The molecule has 1 aliphatic heterocycles. The van der Waals surface area contributed by atoms with Gasteiger partial charge in [0.05, 0.1) is 11.3 Å². The maximum atomic E-state index is 12.3. The molecule has 8 nitrogen and oxygen atoms in total. The fraction of sp³-hybridized carbons (Fsp3) is 0.353. The van der Waals surface area contributed by atoms with Gasteiger partial charge in [0.15, 0.2) is 0 Å². The Morgan fingerprint density at radius 3 is 2.88 bits per heavy atom. The van der Waals surface area contributed by atoms with Crippen LogP contribution in [0.4, 0.5) is 10.8 Å². The summed E-state index contributed by atoms with van der Waals surface area (Å²) in [7, 11) is 0. The van der Waals surface area contributed by atoms with Crippen molar-refractivity contribution < 1.29 is 14.4 Å². The second kappa shape index (κ2) is 8.05. The molecule has 9 heteroatoms. The number of carbonyl (C=O) groups is 3. The van der Waals surface area contributed by atoms with Crippen molar-refractivity contribution >= 4 is 39.9 Å². The predicted molar refractivity (Wildman–Crippen MR) is 98.1 cm³/mol. The van der Waals surface area contributed by atoms with Gasteiger partial charge in [-0.15, -0.1) is 10.2 Å². The molecule has 2 aromatic rings. The molecular weight excluding hydrogens is 354 g/mol. The highest BCUT2D eigenvalue weighted by Gasteiger charge is 2.27. The minimum atomic E-state index is -0.772. The Morgan fingerprint density at radius 1 is 1.27 bits per heavy atom. The molecule has 0 spiro atoms. The number of anilines is 2. The van der Waals surface area contributed by atoms with Crippen molar-refractivity contribution in [2.45, 2.75) is 38.6 Å². The molecule has 3 rings (SSSR count). The number of nitrogens with one attached hydrogen (secondary N) is 3. The maximum absolute atomic E-state index is 12.3. The van der Waals surface area contributed by atoms with E-state index >= 15 is 0 Å². The highest BCUT2D eigenvalue weighted by Crippen LogP contribution is 2.20. The van der Waals surface area contributed by atoms with Gasteiger partial charge in [0.1, 0.15) is 11.0 Å². The molecule has 1 atom stereocenters. The molecular formula is C17H19N5O3S. The molecule has 3 amide bonds. The molecule has 26 heavy (non-hydrogen) atoms. The van der Waals surface area contributed by atoms with Gasteiger partial charge in [0, 0.05) is 12.8 Å². The summed E-state index contributed by atoms with van der Waals surface area (Å²) < 4.78 is 0. The normalized spacial score (nSPS) is 16.3. The van der Waals surface area contributed by atoms with Gasteiger partial charge < -0.3 is 16.0 Å². The number of aryl methyl sites for hydroxylation is 1. The molecule has 0 saturated heterocycles. The van der Waals surface area contributed by atoms with E-state index in [-0.39, 0.29) is 30.6 Å². The lowest BCUT2D eigenvalue weighted by Crippen LogP contribution is -2.41. The van der Waals surface area contributed by atoms with Gasteiger partial charge in [0.25, 0.3) is 5.91 Å². The molecule has 1 aromatic heterocycles. The Bertz CT molecular complexity index is 835. The van der Waals surface area contributed by atoms with Gasteiger partial charge in [-0.3, -0.25) is 14.4 Å². The molecule has 136 valence electrons. The summed E-state index contributed by atoms with van der Waals surface area (Å²) in [6.45, 7) is 2.05. The third-order valence-corrected chi connectivity index (χ3v) is 4.79. The Morgan fingerprint density at radius 2 is 2.08 bits per heavy atom. The van der Waals surface area contributed by atoms with Crippen LogP contribution in [0.3, 0.4) is 0 Å². The van der Waals surface area contributed by atoms with Crippen LogP contribution in [0.25, 0.3) is 0 Å². The topological polar surface area (TPSA) is 113 Å². The lowest BCUT2D eigenvalue weighted by Gasteiger charge is -2.13. The first kappa shape index (κ1) is 18.0. The number of rotatable bonds is 6. The van der Waals surface area contributed by atoms with Gasteiger partial charge in [-0.1, -0.05) is 30.4 Å². The number of nitrogens with zero attached hydrogens (tertiary/aromatic N) is 2. The van der Waals surface area contributed by atoms with Crippen molar-refractivity contribution in [1.29, 1.82) is 0 Å². The van der Waals surface area contributed by atoms with Gasteiger partial charge in [-0.25, -0.2) is 0 Å². The molecule has 0 radical (unpaired) electrons. The highest BCUT2D eigenvalue weighted by atomic mass is 32.1. The Kier molecular flexibility index (Phi) is 5.57. The van der Waals surface area contributed by atoms with Crippen molar-refractivity contribution in [3.63, 3.8) is 0 Å². The van der Waals surface area contributed by atoms with Crippen LogP contribution in [0.15, 0.2) is 24.3 Å². The van der Waals surface area contributed by atoms with Crippen LogP contribution in [-0.2, 0) is 16.0 Å². The summed E-state index contributed by atoms with van der Waals surface area (Å²) in [5.74, 6) is -0.942. The molecule has 3 N–H and O–H groups in total. The molecule has 1 aliphatic rings. The number of fused-ring (bicyclic) bond motifs is 1. The van der Waals surface area contributed by atoms with E-state index < -0.39 is 6.04 Å². The summed E-state index contributed by atoms with van der Waals surface area (Å²) in [5, 5.41) is 17.3. The smallest absolute Gasteiger partial charge is 0.254 e. The zero-order valence-corrected chi connectivity index (χ0v) is 15.1. The summed E-state index contributed by atoms with van der Waals surface area (Å²) in [6, 6.07) is 6.02. The number of para-hydroxylation sites is 1. The summed E-state index contributed by atoms with van der Waals surface area (Å²) in [4.78, 5) is 36.6. The molecule has 0 saturated carbocycles. The Hall–Kier alpha value is -2.81. The second-order valence-electron chi connectivity index (χ2n) is 5.90. The minimum Gasteiger partial charge on any atom is -0.340 e. The summed E-state index contributed by atoms with van der Waals surface area (Å²) in [6.07, 6.45) is 2.05. The SMILES string of the molecule is CCCc1nnc(NC(=O)CC[C@H]2NC(=O)c3ccccc3NC2=O)s1. The number of hydrogen-bond acceptors (Lipinski definition) is 6. The fourth-order valence-corrected chi connectivity index (χ4v) is 3.45. The Balaban J connectivity index is 1.56. The summed E-state index contributed by atoms with van der Waals surface area (Å²) in [5.41, 5.74) is 0.879. The van der Waals surface area contributed by atoms with E-state index in [9.17, 15) is 14.4 Å². The van der Waals surface area contributed by atoms with E-state index in [1.807, 2.05) is 6.92 Å². The molecule has 2 heterocycles. The van der Waals surface area contributed by atoms with Crippen molar-refractivity contribution in [1.82, 2.24) is 15.5 Å². The summed E-state index contributed by atoms with van der Waals surface area (Å²) >= 11 is 1.34. The first-order valence-electron chi connectivity index (χ1n) is 8.39. The van der Waals surface area contributed by atoms with Crippen molar-refractivity contribution in [2.24, 2.45) is 0 Å². The van der Waals surface area contributed by atoms with Crippen LogP contribution >= 0.6 is 11.3 Å². The largest absolute Gasteiger partial charge is 0.340 e. The lowest BCUT2D eigenvalue weighted by atomic mass is 10.1. The van der Waals surface area contributed by atoms with Crippen molar-refractivity contribution in [3.05, 3.63) is 34.8 Å². The highest BCUT2D eigenvalue weighted by molar-refractivity contribution is 7.15. The number of hydrogen-bond donors (Lipinski definition) is 3. The quantitative estimate of drug-likeness (QED) is 0.716. The van der Waals surface area contributed by atoms with Crippen molar-refractivity contribution in [2.75, 3.05) is 10.6 Å². The van der Waals surface area contributed by atoms with E-state index in [4.69, 9.17) is 0 Å². The van der Waals surface area contributed by atoms with E-state index in [1.165, 1.54) is 11.3 Å². The lowest BCUT2D eigenvalue weighted by molar-refractivity contribution is -0.118. The minimum absolute atomic E-state index is 0.0808. The van der Waals surface area contributed by atoms with Crippen molar-refractivity contribution in [3.8, 4) is 0 Å². The first-order chi connectivity index (χ1) is 12.6. The third-order valence-electron chi connectivity index (χ3n) is 3.89. The van der Waals surface area contributed by atoms with Crippen LogP contribution < -0.4 is 16.0 Å². The number of carbonyl (C=O) groups excluding carboxylic acids is 3. The van der Waals surface area contributed by atoms with Gasteiger partial charge in [0.2, 0.25) is 16.9 Å². The standard InChI is InChI=1S/C17H19N5O3S/c1-2-5-14-21-22-17(26-14)20-13(23)9-8-12-16(25)18-11-7-4-3-6-10(11)15(24)19-12/h3-4,6-7,12H,2,5,8-9H2,1H3,(H,18,25)(H,19,24)(H,20,22,23)/t12-/m1/s1. The number of aromatic nitrogens is 2. The molecule has 1 aromatic carbocycles. The fourth-order valence-electron chi connectivity index (χ4n) is 2.59. The molecule has 0 aliphatic carbocycles.